The quantitative estimate of drug-likeness (QED) is 0.473. The maximum Gasteiger partial charge on any atom is 0.323 e. The molecule has 10 heteroatoms. The number of rotatable bonds is 3. The molecule has 0 radical (unpaired) electrons. The van der Waals surface area contributed by atoms with E-state index in [9.17, 15) is 9.18 Å². The topological polar surface area (TPSA) is 96.2 Å². The summed E-state index contributed by atoms with van der Waals surface area (Å²) in [6.45, 7) is 1.62. The first-order valence-corrected chi connectivity index (χ1v) is 8.41. The van der Waals surface area contributed by atoms with E-state index in [-0.39, 0.29) is 37.8 Å². The van der Waals surface area contributed by atoms with Crippen molar-refractivity contribution in [3.05, 3.63) is 51.0 Å². The molecule has 26 heavy (non-hydrogen) atoms. The summed E-state index contributed by atoms with van der Waals surface area (Å²) in [5, 5.41) is 0.478. The van der Waals surface area contributed by atoms with E-state index in [4.69, 9.17) is 51.0 Å². The van der Waals surface area contributed by atoms with Crippen LogP contribution >= 0.6 is 34.8 Å². The lowest BCUT2D eigenvalue weighted by Crippen LogP contribution is -2.18. The molecule has 0 bridgehead atoms. The molecule has 1 unspecified atom stereocenters. The van der Waals surface area contributed by atoms with Gasteiger partial charge >= 0.3 is 6.03 Å². The number of hydrogen-bond acceptors (Lipinski definition) is 4. The number of carbonyl (C=O) groups is 1. The van der Waals surface area contributed by atoms with Crippen LogP contribution in [0.25, 0.3) is 10.9 Å². The highest BCUT2D eigenvalue weighted by Gasteiger charge is 2.23. The molecule has 0 saturated heterocycles. The smallest absolute Gasteiger partial charge is 0.323 e. The number of benzene rings is 1. The Hall–Kier alpha value is -2.22. The van der Waals surface area contributed by atoms with Gasteiger partial charge in [0.25, 0.3) is 0 Å². The number of halogens is 4. The van der Waals surface area contributed by atoms with Crippen LogP contribution < -0.4 is 16.2 Å². The molecule has 2 heterocycles. The molecular formula is C16H12Cl3FN4O2. The van der Waals surface area contributed by atoms with Crippen molar-refractivity contribution in [2.75, 3.05) is 5.73 Å². The maximum atomic E-state index is 13.8. The fourth-order valence-corrected chi connectivity index (χ4v) is 3.59. The molecule has 0 aliphatic rings. The van der Waals surface area contributed by atoms with Crippen LogP contribution in [-0.2, 0) is 0 Å². The molecule has 2 aromatic heterocycles. The van der Waals surface area contributed by atoms with E-state index in [1.807, 2.05) is 0 Å². The zero-order valence-electron chi connectivity index (χ0n) is 13.3. The van der Waals surface area contributed by atoms with Crippen LogP contribution in [0, 0.1) is 5.82 Å². The van der Waals surface area contributed by atoms with Crippen molar-refractivity contribution in [2.24, 2.45) is 5.73 Å². The summed E-state index contributed by atoms with van der Waals surface area (Å²) in [6.07, 6.45) is 0.649. The van der Waals surface area contributed by atoms with Gasteiger partial charge in [-0.15, -0.1) is 0 Å². The predicted molar refractivity (Wildman–Crippen MR) is 99.6 cm³/mol. The Labute approximate surface area is 162 Å². The van der Waals surface area contributed by atoms with Gasteiger partial charge in [-0.25, -0.2) is 14.2 Å². The summed E-state index contributed by atoms with van der Waals surface area (Å²) in [5.41, 5.74) is 11.7. The van der Waals surface area contributed by atoms with Gasteiger partial charge in [-0.3, -0.25) is 4.57 Å². The van der Waals surface area contributed by atoms with E-state index in [2.05, 4.69) is 4.98 Å². The number of hydrogen-bond donors (Lipinski definition) is 2. The molecule has 0 saturated carbocycles. The lowest BCUT2D eigenvalue weighted by atomic mass is 10.1. The maximum absolute atomic E-state index is 13.8. The Balaban J connectivity index is 2.13. The molecule has 1 atom stereocenters. The zero-order chi connectivity index (χ0) is 19.2. The van der Waals surface area contributed by atoms with Gasteiger partial charge in [0.1, 0.15) is 11.9 Å². The highest BCUT2D eigenvalue weighted by atomic mass is 35.5. The second kappa shape index (κ2) is 6.83. The SMILES string of the molecule is CC(Oc1c(N)nc(Cl)c2c1ccn2C(N)=O)c1c(Cl)ccc(F)c1Cl. The Morgan fingerprint density at radius 2 is 2.00 bits per heavy atom. The number of nitrogen functional groups attached to an aromatic ring is 1. The van der Waals surface area contributed by atoms with E-state index in [1.165, 1.54) is 12.3 Å². The molecule has 0 aliphatic heterocycles. The van der Waals surface area contributed by atoms with E-state index >= 15 is 0 Å². The fourth-order valence-electron chi connectivity index (χ4n) is 2.63. The lowest BCUT2D eigenvalue weighted by Gasteiger charge is -2.19. The average molecular weight is 418 g/mol. The first-order chi connectivity index (χ1) is 12.2. The van der Waals surface area contributed by atoms with Crippen molar-refractivity contribution in [2.45, 2.75) is 13.0 Å². The number of aromatic nitrogens is 2. The van der Waals surface area contributed by atoms with Crippen molar-refractivity contribution < 1.29 is 13.9 Å². The highest BCUT2D eigenvalue weighted by molar-refractivity contribution is 6.36. The number of nitrogens with zero attached hydrogens (tertiary/aromatic N) is 2. The summed E-state index contributed by atoms with van der Waals surface area (Å²) in [7, 11) is 0. The summed E-state index contributed by atoms with van der Waals surface area (Å²) < 4.78 is 20.8. The Morgan fingerprint density at radius 3 is 2.65 bits per heavy atom. The van der Waals surface area contributed by atoms with Crippen molar-refractivity contribution >= 4 is 57.6 Å². The van der Waals surface area contributed by atoms with Crippen molar-refractivity contribution in [1.82, 2.24) is 9.55 Å². The molecule has 6 nitrogen and oxygen atoms in total. The number of nitrogens with two attached hydrogens (primary N) is 2. The summed E-state index contributed by atoms with van der Waals surface area (Å²) in [5.74, 6) is -0.498. The number of anilines is 1. The van der Waals surface area contributed by atoms with Crippen molar-refractivity contribution in [3.63, 3.8) is 0 Å². The Morgan fingerprint density at radius 1 is 1.31 bits per heavy atom. The standard InChI is InChI=1S/C16H12Cl3FN4O2/c1-6(10-8(17)2-3-9(20)11(10)18)26-13-7-4-5-24(16(22)25)12(7)14(19)23-15(13)21/h2-6H,1H3,(H2,21,23)(H2,22,25). The van der Waals surface area contributed by atoms with Gasteiger partial charge in [0.05, 0.1) is 10.5 Å². The van der Waals surface area contributed by atoms with E-state index < -0.39 is 18.0 Å². The zero-order valence-corrected chi connectivity index (χ0v) is 15.5. The summed E-state index contributed by atoms with van der Waals surface area (Å²) in [4.78, 5) is 15.5. The van der Waals surface area contributed by atoms with Crippen LogP contribution in [0.5, 0.6) is 5.75 Å². The monoisotopic (exact) mass is 416 g/mol. The normalized spacial score (nSPS) is 12.3. The van der Waals surface area contributed by atoms with Crippen LogP contribution in [0.3, 0.4) is 0 Å². The van der Waals surface area contributed by atoms with E-state index in [0.717, 1.165) is 10.6 Å². The number of primary amides is 1. The van der Waals surface area contributed by atoms with E-state index in [0.29, 0.717) is 5.39 Å². The van der Waals surface area contributed by atoms with E-state index in [1.54, 1.807) is 13.0 Å². The second-order valence-corrected chi connectivity index (χ2v) is 6.56. The van der Waals surface area contributed by atoms with Gasteiger partial charge in [-0.05, 0) is 25.1 Å². The van der Waals surface area contributed by atoms with Crippen molar-refractivity contribution in [1.29, 1.82) is 0 Å². The summed E-state index contributed by atoms with van der Waals surface area (Å²) >= 11 is 18.2. The Kier molecular flexibility index (Phi) is 4.88. The third-order valence-corrected chi connectivity index (χ3v) is 4.77. The third-order valence-electron chi connectivity index (χ3n) is 3.80. The first-order valence-electron chi connectivity index (χ1n) is 7.28. The molecular weight excluding hydrogens is 406 g/mol. The number of amides is 1. The van der Waals surface area contributed by atoms with Gasteiger partial charge in [0.2, 0.25) is 0 Å². The Bertz CT molecular complexity index is 1040. The molecule has 0 fully saturated rings. The highest BCUT2D eigenvalue weighted by Crippen LogP contribution is 2.40. The molecule has 136 valence electrons. The first kappa shape index (κ1) is 18.6. The van der Waals surface area contributed by atoms with Crippen LogP contribution in [0.2, 0.25) is 15.2 Å². The predicted octanol–water partition coefficient (Wildman–Crippen LogP) is 4.78. The minimum absolute atomic E-state index is 0.0110. The minimum atomic E-state index is -0.767. The lowest BCUT2D eigenvalue weighted by molar-refractivity contribution is 0.230. The average Bonchev–Trinajstić information content (AvgIpc) is 3.01. The number of ether oxygens (including phenoxy) is 1. The van der Waals surface area contributed by atoms with Crippen LogP contribution in [0.1, 0.15) is 18.6 Å². The molecule has 4 N–H and O–H groups in total. The molecule has 1 amide bonds. The van der Waals surface area contributed by atoms with Gasteiger partial charge in [0, 0.05) is 22.2 Å². The molecule has 0 aliphatic carbocycles. The number of fused-ring (bicyclic) bond motifs is 1. The third kappa shape index (κ3) is 3.02. The minimum Gasteiger partial charge on any atom is -0.481 e. The summed E-state index contributed by atoms with van der Waals surface area (Å²) in [6, 6.07) is 3.34. The largest absolute Gasteiger partial charge is 0.481 e. The number of carbonyl (C=O) groups excluding carboxylic acids is 1. The molecule has 1 aromatic carbocycles. The fraction of sp³-hybridized carbons (Fsp3) is 0.125. The van der Waals surface area contributed by atoms with Crippen molar-refractivity contribution in [3.8, 4) is 5.75 Å². The molecule has 0 spiro atoms. The van der Waals surface area contributed by atoms with Crippen LogP contribution in [-0.4, -0.2) is 15.6 Å². The van der Waals surface area contributed by atoms with Gasteiger partial charge in [0.15, 0.2) is 16.7 Å². The van der Waals surface area contributed by atoms with Gasteiger partial charge < -0.3 is 16.2 Å². The number of pyridine rings is 1. The second-order valence-electron chi connectivity index (χ2n) is 5.42. The van der Waals surface area contributed by atoms with Crippen LogP contribution in [0.4, 0.5) is 15.0 Å². The molecule has 3 rings (SSSR count). The van der Waals surface area contributed by atoms with Crippen LogP contribution in [0.15, 0.2) is 24.4 Å². The van der Waals surface area contributed by atoms with Gasteiger partial charge in [-0.2, -0.15) is 0 Å². The molecule has 3 aromatic rings. The van der Waals surface area contributed by atoms with Gasteiger partial charge in [-0.1, -0.05) is 34.8 Å².